The minimum Gasteiger partial charge on any atom is -0.342 e. The molecule has 1 unspecified atom stereocenters. The van der Waals surface area contributed by atoms with Crippen molar-refractivity contribution < 1.29 is 4.79 Å². The molecule has 204 valence electrons. The maximum atomic E-state index is 12.3. The highest BCUT2D eigenvalue weighted by molar-refractivity contribution is 5.94. The summed E-state index contributed by atoms with van der Waals surface area (Å²) in [5.74, 6) is 0.553. The van der Waals surface area contributed by atoms with Crippen molar-refractivity contribution in [2.45, 2.75) is 80.8 Å². The SMILES string of the molecule is C.CC.CC.CC(NC(=O)c1ccccc1)c1nnc2cc(C(C)(C)C)[nH]n12.CNCc1ccccc1. The number of hydrogen-bond acceptors (Lipinski definition) is 4. The van der Waals surface area contributed by atoms with Gasteiger partial charge in [-0.15, -0.1) is 10.2 Å². The molecule has 2 heterocycles. The monoisotopic (exact) mass is 508 g/mol. The van der Waals surface area contributed by atoms with Crippen LogP contribution in [0.25, 0.3) is 5.65 Å². The van der Waals surface area contributed by atoms with E-state index in [-0.39, 0.29) is 24.8 Å². The van der Waals surface area contributed by atoms with Crippen molar-refractivity contribution in [2.75, 3.05) is 7.05 Å². The zero-order valence-electron chi connectivity index (χ0n) is 23.4. The number of benzene rings is 2. The molecule has 7 heteroatoms. The molecule has 0 fully saturated rings. The molecule has 37 heavy (non-hydrogen) atoms. The Kier molecular flexibility index (Phi) is 15.5. The van der Waals surface area contributed by atoms with Gasteiger partial charge in [-0.25, -0.2) is 4.52 Å². The summed E-state index contributed by atoms with van der Waals surface area (Å²) in [7, 11) is 1.95. The second kappa shape index (κ2) is 17.1. The number of carbonyl (C=O) groups excluding carboxylic acids is 1. The van der Waals surface area contributed by atoms with Crippen LogP contribution in [-0.2, 0) is 12.0 Å². The smallest absolute Gasteiger partial charge is 0.251 e. The van der Waals surface area contributed by atoms with Gasteiger partial charge in [-0.1, -0.05) is 104 Å². The lowest BCUT2D eigenvalue weighted by Crippen LogP contribution is -2.28. The van der Waals surface area contributed by atoms with Crippen LogP contribution >= 0.6 is 0 Å². The van der Waals surface area contributed by atoms with E-state index in [0.29, 0.717) is 11.4 Å². The first kappa shape index (κ1) is 33.5. The normalized spacial score (nSPS) is 10.8. The number of nitrogens with zero attached hydrogens (tertiary/aromatic N) is 3. The molecule has 2 aromatic carbocycles. The lowest BCUT2D eigenvalue weighted by atomic mass is 9.93. The molecule has 4 rings (SSSR count). The van der Waals surface area contributed by atoms with E-state index in [4.69, 9.17) is 0 Å². The molecular formula is C30H48N6O. The fourth-order valence-electron chi connectivity index (χ4n) is 3.20. The molecule has 0 saturated heterocycles. The fraction of sp³-hybridized carbons (Fsp3) is 0.433. The molecule has 1 amide bonds. The van der Waals surface area contributed by atoms with Crippen LogP contribution in [0.1, 0.15) is 96.3 Å². The number of H-pyrrole nitrogens is 1. The standard InChI is InChI=1S/C17H21N5O.C8H11N.2C2H6.CH4/c1-11(18-16(23)12-8-6-5-7-9-12)15-20-19-14-10-13(17(2,3)4)21-22(14)15;1-9-7-8-5-3-2-4-6-8;2*1-2;/h5-11,21H,1-4H3,(H,18,23);2-6,9H,7H2,1H3;2*1-2H3;1H4. The summed E-state index contributed by atoms with van der Waals surface area (Å²) in [6.45, 7) is 17.2. The molecule has 0 saturated carbocycles. The van der Waals surface area contributed by atoms with Gasteiger partial charge < -0.3 is 10.6 Å². The number of nitrogens with one attached hydrogen (secondary N) is 3. The summed E-state index contributed by atoms with van der Waals surface area (Å²) >= 11 is 0. The summed E-state index contributed by atoms with van der Waals surface area (Å²) < 4.78 is 1.83. The molecular weight excluding hydrogens is 460 g/mol. The van der Waals surface area contributed by atoms with Crippen LogP contribution < -0.4 is 10.6 Å². The van der Waals surface area contributed by atoms with Gasteiger partial charge in [0.05, 0.1) is 6.04 Å². The van der Waals surface area contributed by atoms with Crippen LogP contribution in [0.2, 0.25) is 0 Å². The van der Waals surface area contributed by atoms with E-state index < -0.39 is 0 Å². The second-order valence-electron chi connectivity index (χ2n) is 8.75. The third-order valence-electron chi connectivity index (χ3n) is 5.02. The van der Waals surface area contributed by atoms with E-state index in [1.54, 1.807) is 12.1 Å². The summed E-state index contributed by atoms with van der Waals surface area (Å²) in [6.07, 6.45) is 0. The van der Waals surface area contributed by atoms with Gasteiger partial charge in [0.15, 0.2) is 11.5 Å². The van der Waals surface area contributed by atoms with Gasteiger partial charge in [0.25, 0.3) is 5.91 Å². The van der Waals surface area contributed by atoms with Crippen molar-refractivity contribution in [3.63, 3.8) is 0 Å². The highest BCUT2D eigenvalue weighted by Crippen LogP contribution is 2.23. The van der Waals surface area contributed by atoms with Gasteiger partial charge in [-0.3, -0.25) is 9.89 Å². The third-order valence-corrected chi connectivity index (χ3v) is 5.02. The van der Waals surface area contributed by atoms with E-state index in [2.05, 4.69) is 58.8 Å². The van der Waals surface area contributed by atoms with Gasteiger partial charge in [-0.05, 0) is 31.7 Å². The lowest BCUT2D eigenvalue weighted by Gasteiger charge is -2.16. The zero-order valence-corrected chi connectivity index (χ0v) is 23.4. The molecule has 0 aliphatic rings. The van der Waals surface area contributed by atoms with E-state index in [9.17, 15) is 4.79 Å². The number of hydrogen-bond donors (Lipinski definition) is 3. The van der Waals surface area contributed by atoms with Gasteiger partial charge in [-0.2, -0.15) is 0 Å². The topological polar surface area (TPSA) is 87.1 Å². The molecule has 0 bridgehead atoms. The Morgan fingerprint density at radius 3 is 2.00 bits per heavy atom. The van der Waals surface area contributed by atoms with Crippen LogP contribution in [0.15, 0.2) is 66.7 Å². The Morgan fingerprint density at radius 2 is 1.49 bits per heavy atom. The maximum absolute atomic E-state index is 12.3. The average molecular weight is 509 g/mol. The van der Waals surface area contributed by atoms with Crippen molar-refractivity contribution >= 4 is 11.6 Å². The van der Waals surface area contributed by atoms with Crippen LogP contribution in [-0.4, -0.2) is 32.8 Å². The molecule has 0 aliphatic heterocycles. The molecule has 0 radical (unpaired) electrons. The summed E-state index contributed by atoms with van der Waals surface area (Å²) in [6, 6.07) is 21.2. The number of rotatable bonds is 5. The first-order valence-corrected chi connectivity index (χ1v) is 12.8. The van der Waals surface area contributed by atoms with Crippen molar-refractivity contribution in [3.8, 4) is 0 Å². The Hall–Kier alpha value is -3.45. The second-order valence-corrected chi connectivity index (χ2v) is 8.75. The Balaban J connectivity index is 0.000000779. The van der Waals surface area contributed by atoms with Crippen molar-refractivity contribution in [2.24, 2.45) is 0 Å². The zero-order chi connectivity index (χ0) is 27.1. The van der Waals surface area contributed by atoms with Crippen LogP contribution in [0.4, 0.5) is 0 Å². The van der Waals surface area contributed by atoms with Gasteiger partial charge >= 0.3 is 0 Å². The quantitative estimate of drug-likeness (QED) is 0.272. The number of aromatic amines is 1. The molecule has 1 atom stereocenters. The highest BCUT2D eigenvalue weighted by Gasteiger charge is 2.22. The first-order valence-electron chi connectivity index (χ1n) is 12.8. The van der Waals surface area contributed by atoms with Crippen molar-refractivity contribution in [3.05, 3.63) is 89.4 Å². The van der Waals surface area contributed by atoms with E-state index in [1.165, 1.54) is 5.56 Å². The number of fused-ring (bicyclic) bond motifs is 1. The van der Waals surface area contributed by atoms with E-state index in [1.807, 2.05) is 88.6 Å². The number of aromatic nitrogens is 4. The Labute approximate surface area is 224 Å². The van der Waals surface area contributed by atoms with Crippen LogP contribution in [0, 0.1) is 0 Å². The predicted octanol–water partition coefficient (Wildman–Crippen LogP) is 6.94. The molecule has 7 nitrogen and oxygen atoms in total. The third kappa shape index (κ3) is 10.2. The molecule has 4 aromatic rings. The van der Waals surface area contributed by atoms with E-state index >= 15 is 0 Å². The fourth-order valence-corrected chi connectivity index (χ4v) is 3.20. The Morgan fingerprint density at radius 1 is 0.946 bits per heavy atom. The van der Waals surface area contributed by atoms with Crippen LogP contribution in [0.5, 0.6) is 0 Å². The number of carbonyl (C=O) groups is 1. The molecule has 2 aromatic heterocycles. The van der Waals surface area contributed by atoms with Gasteiger partial charge in [0, 0.05) is 29.3 Å². The summed E-state index contributed by atoms with van der Waals surface area (Å²) in [4.78, 5) is 12.3. The predicted molar refractivity (Wildman–Crippen MR) is 157 cm³/mol. The minimum absolute atomic E-state index is 0. The van der Waals surface area contributed by atoms with Crippen molar-refractivity contribution in [1.29, 1.82) is 0 Å². The van der Waals surface area contributed by atoms with Crippen molar-refractivity contribution in [1.82, 2.24) is 30.4 Å². The largest absolute Gasteiger partial charge is 0.342 e. The molecule has 3 N–H and O–H groups in total. The van der Waals surface area contributed by atoms with E-state index in [0.717, 1.165) is 17.9 Å². The maximum Gasteiger partial charge on any atom is 0.251 e. The Bertz CT molecular complexity index is 1130. The highest BCUT2D eigenvalue weighted by atomic mass is 16.1. The number of amides is 1. The molecule has 0 spiro atoms. The summed E-state index contributed by atoms with van der Waals surface area (Å²) in [5.41, 5.74) is 3.78. The lowest BCUT2D eigenvalue weighted by molar-refractivity contribution is 0.0938. The first-order chi connectivity index (χ1) is 17.3. The molecule has 0 aliphatic carbocycles. The minimum atomic E-state index is -0.260. The van der Waals surface area contributed by atoms with Gasteiger partial charge in [0.2, 0.25) is 0 Å². The van der Waals surface area contributed by atoms with Gasteiger partial charge in [0.1, 0.15) is 0 Å². The summed E-state index contributed by atoms with van der Waals surface area (Å²) in [5, 5.41) is 17.7. The van der Waals surface area contributed by atoms with Crippen LogP contribution in [0.3, 0.4) is 0 Å². The average Bonchev–Trinajstić information content (AvgIpc) is 3.50.